The van der Waals surface area contributed by atoms with Crippen LogP contribution in [0.4, 0.5) is 4.79 Å². The molecule has 6 amide bonds. The number of likely N-dealkylation sites (tertiary alicyclic amines) is 1. The maximum Gasteiger partial charge on any atom is 0.407 e. The Balaban J connectivity index is 1.27. The number of likely N-dealkylation sites (N-methyl/N-ethyl adjacent to an activating group) is 1. The number of benzene rings is 1. The van der Waals surface area contributed by atoms with Crippen LogP contribution in [0, 0.1) is 40.9 Å². The Labute approximate surface area is 318 Å². The first-order valence-electron chi connectivity index (χ1n) is 19.4. The third kappa shape index (κ3) is 9.23. The molecule has 4 N–H and O–H groups in total. The van der Waals surface area contributed by atoms with Gasteiger partial charge in [-0.25, -0.2) is 4.79 Å². The van der Waals surface area contributed by atoms with Gasteiger partial charge in [0.2, 0.25) is 29.4 Å². The maximum absolute atomic E-state index is 14.4. The van der Waals surface area contributed by atoms with E-state index in [0.717, 1.165) is 32.1 Å². The van der Waals surface area contributed by atoms with Gasteiger partial charge in [-0.2, -0.15) is 0 Å². The van der Waals surface area contributed by atoms with Crippen LogP contribution in [-0.4, -0.2) is 103 Å². The summed E-state index contributed by atoms with van der Waals surface area (Å²) in [5, 5.41) is 10.7. The van der Waals surface area contributed by atoms with Gasteiger partial charge in [0.1, 0.15) is 24.2 Å². The van der Waals surface area contributed by atoms with E-state index in [2.05, 4.69) is 35.1 Å². The second-order valence-corrected chi connectivity index (χ2v) is 17.0. The lowest BCUT2D eigenvalue weighted by Gasteiger charge is -2.37. The Bertz CT molecular complexity index is 1590. The van der Waals surface area contributed by atoms with E-state index in [4.69, 9.17) is 4.74 Å². The summed E-state index contributed by atoms with van der Waals surface area (Å²) in [6.45, 7) is 9.89. The summed E-state index contributed by atoms with van der Waals surface area (Å²) in [6, 6.07) is 4.79. The van der Waals surface area contributed by atoms with Crippen LogP contribution in [0.15, 0.2) is 30.3 Å². The molecule has 3 aliphatic carbocycles. The lowest BCUT2D eigenvalue weighted by Crippen LogP contribution is -2.60. The average Bonchev–Trinajstić information content (AvgIpc) is 3.92. The number of nitrogens with zero attached hydrogens (tertiary/aromatic N) is 2. The summed E-state index contributed by atoms with van der Waals surface area (Å²) in [7, 11) is 3.14. The zero-order valence-electron chi connectivity index (χ0n) is 32.7. The molecule has 4 fully saturated rings. The molecular formula is C40H58N6O8. The van der Waals surface area contributed by atoms with Gasteiger partial charge in [-0.3, -0.25) is 28.8 Å². The van der Waals surface area contributed by atoms with Crippen LogP contribution in [0.2, 0.25) is 0 Å². The van der Waals surface area contributed by atoms with Crippen molar-refractivity contribution in [2.45, 2.75) is 97.3 Å². The highest BCUT2D eigenvalue weighted by Gasteiger charge is 2.70. The van der Waals surface area contributed by atoms with E-state index >= 15 is 0 Å². The first-order chi connectivity index (χ1) is 25.5. The Hall–Kier alpha value is -4.49. The molecule has 5 rings (SSSR count). The topological polar surface area (TPSA) is 183 Å². The molecule has 0 spiro atoms. The summed E-state index contributed by atoms with van der Waals surface area (Å²) in [5.41, 5.74) is 0.343. The number of piperidine rings is 1. The molecule has 1 saturated heterocycles. The molecule has 54 heavy (non-hydrogen) atoms. The first kappa shape index (κ1) is 40.7. The number of nitrogens with one attached hydrogen (secondary N) is 4. The molecular weight excluding hydrogens is 692 g/mol. The molecule has 14 heteroatoms. The van der Waals surface area contributed by atoms with Crippen molar-refractivity contribution >= 4 is 41.4 Å². The zero-order chi connectivity index (χ0) is 39.5. The van der Waals surface area contributed by atoms with Gasteiger partial charge in [0.25, 0.3) is 5.91 Å². The highest BCUT2D eigenvalue weighted by atomic mass is 16.5. The van der Waals surface area contributed by atoms with Gasteiger partial charge in [0, 0.05) is 20.6 Å². The van der Waals surface area contributed by atoms with Crippen molar-refractivity contribution in [2.24, 2.45) is 40.9 Å². The van der Waals surface area contributed by atoms with Crippen LogP contribution in [0.25, 0.3) is 0 Å². The standard InChI is InChI=1S/C40H58N6O8/c1-22(2)21-54-39(53)44-31(25-16-12-9-13-17-25)38(52)46-20-27-29(40(27,4)5)33(46)35(49)43-32(26-18-23(26)3)34(48)36(50)41-19-28(47)42-30(37(51)45(6)7)24-14-10-8-11-15-24/h8,10-11,14-15,22-23,25-27,29-33H,9,12-13,16-21H2,1-7H3,(H,41,50)(H,42,47)(H,43,49)(H,44,53). The number of carbonyl (C=O) groups is 7. The van der Waals surface area contributed by atoms with Crippen LogP contribution < -0.4 is 21.3 Å². The van der Waals surface area contributed by atoms with Crippen molar-refractivity contribution in [2.75, 3.05) is 33.8 Å². The molecule has 1 aliphatic heterocycles. The number of alkyl carbamates (subject to hydrolysis) is 1. The molecule has 14 nitrogen and oxygen atoms in total. The minimum Gasteiger partial charge on any atom is -0.449 e. The van der Waals surface area contributed by atoms with Crippen molar-refractivity contribution in [3.05, 3.63) is 35.9 Å². The van der Waals surface area contributed by atoms with Crippen LogP contribution in [0.1, 0.15) is 84.7 Å². The second kappa shape index (κ2) is 16.9. The predicted molar refractivity (Wildman–Crippen MR) is 199 cm³/mol. The van der Waals surface area contributed by atoms with E-state index in [9.17, 15) is 33.6 Å². The monoisotopic (exact) mass is 750 g/mol. The molecule has 1 heterocycles. The van der Waals surface area contributed by atoms with Crippen LogP contribution in [-0.2, 0) is 33.5 Å². The number of rotatable bonds is 15. The smallest absolute Gasteiger partial charge is 0.407 e. The minimum absolute atomic E-state index is 0.0620. The van der Waals surface area contributed by atoms with Gasteiger partial charge in [-0.15, -0.1) is 0 Å². The molecule has 8 atom stereocenters. The van der Waals surface area contributed by atoms with Crippen molar-refractivity contribution in [1.29, 1.82) is 0 Å². The number of hydrogen-bond donors (Lipinski definition) is 4. The van der Waals surface area contributed by atoms with Crippen molar-refractivity contribution in [3.63, 3.8) is 0 Å². The molecule has 3 saturated carbocycles. The quantitative estimate of drug-likeness (QED) is 0.197. The Kier molecular flexibility index (Phi) is 12.7. The number of carbonyl (C=O) groups excluding carboxylic acids is 7. The fourth-order valence-corrected chi connectivity index (χ4v) is 8.46. The molecule has 8 unspecified atom stereocenters. The van der Waals surface area contributed by atoms with Gasteiger partial charge >= 0.3 is 6.09 Å². The highest BCUT2D eigenvalue weighted by molar-refractivity contribution is 6.38. The number of amides is 6. The van der Waals surface area contributed by atoms with Gasteiger partial charge in [0.05, 0.1) is 13.2 Å². The zero-order valence-corrected chi connectivity index (χ0v) is 32.7. The fourth-order valence-electron chi connectivity index (χ4n) is 8.46. The average molecular weight is 751 g/mol. The molecule has 0 aromatic heterocycles. The summed E-state index contributed by atoms with van der Waals surface area (Å²) >= 11 is 0. The van der Waals surface area contributed by atoms with E-state index < -0.39 is 60.3 Å². The van der Waals surface area contributed by atoms with E-state index in [1.165, 1.54) is 4.90 Å². The van der Waals surface area contributed by atoms with Crippen LogP contribution in [0.5, 0.6) is 0 Å². The summed E-state index contributed by atoms with van der Waals surface area (Å²) in [5.74, 6) is -4.09. The number of hydrogen-bond acceptors (Lipinski definition) is 8. The predicted octanol–water partition coefficient (Wildman–Crippen LogP) is 2.57. The third-order valence-electron chi connectivity index (χ3n) is 11.9. The lowest BCUT2D eigenvalue weighted by molar-refractivity contribution is -0.145. The van der Waals surface area contributed by atoms with E-state index in [1.54, 1.807) is 49.3 Å². The SMILES string of the molecule is CC(C)COC(=O)NC(C(=O)N1CC2C(C1C(=O)NC(C(=O)C(=O)NCC(=O)NC(C(=O)N(C)C)c1ccccc1)C1CC1C)C2(C)C)C1CCCCC1. The Morgan fingerprint density at radius 2 is 1.57 bits per heavy atom. The number of Topliss-reactive ketones (excluding diaryl/α,β-unsaturated/α-hetero) is 1. The van der Waals surface area contributed by atoms with Gasteiger partial charge in [-0.1, -0.05) is 84.2 Å². The second-order valence-electron chi connectivity index (χ2n) is 17.0. The Morgan fingerprint density at radius 1 is 0.926 bits per heavy atom. The molecule has 0 radical (unpaired) electrons. The third-order valence-corrected chi connectivity index (χ3v) is 11.9. The van der Waals surface area contributed by atoms with Gasteiger partial charge < -0.3 is 35.8 Å². The minimum atomic E-state index is -1.15. The van der Waals surface area contributed by atoms with E-state index in [-0.39, 0.29) is 59.3 Å². The molecule has 4 aliphatic rings. The van der Waals surface area contributed by atoms with E-state index in [1.807, 2.05) is 20.8 Å². The lowest BCUT2D eigenvalue weighted by atomic mass is 9.83. The molecule has 1 aromatic rings. The summed E-state index contributed by atoms with van der Waals surface area (Å²) < 4.78 is 5.40. The normalized spacial score (nSPS) is 25.6. The molecule has 1 aromatic carbocycles. The summed E-state index contributed by atoms with van der Waals surface area (Å²) in [4.78, 5) is 97.3. The van der Waals surface area contributed by atoms with E-state index in [0.29, 0.717) is 18.5 Å². The largest absolute Gasteiger partial charge is 0.449 e. The van der Waals surface area contributed by atoms with Crippen molar-refractivity contribution in [1.82, 2.24) is 31.1 Å². The van der Waals surface area contributed by atoms with Gasteiger partial charge in [0.15, 0.2) is 0 Å². The Morgan fingerprint density at radius 3 is 2.17 bits per heavy atom. The first-order valence-corrected chi connectivity index (χ1v) is 19.4. The number of ether oxygens (including phenoxy) is 1. The fraction of sp³-hybridized carbons (Fsp3) is 0.675. The van der Waals surface area contributed by atoms with Crippen molar-refractivity contribution < 1.29 is 38.3 Å². The maximum atomic E-state index is 14.4. The molecule has 296 valence electrons. The van der Waals surface area contributed by atoms with Crippen LogP contribution in [0.3, 0.4) is 0 Å². The van der Waals surface area contributed by atoms with Crippen LogP contribution >= 0.6 is 0 Å². The van der Waals surface area contributed by atoms with Gasteiger partial charge in [-0.05, 0) is 65.7 Å². The summed E-state index contributed by atoms with van der Waals surface area (Å²) in [6.07, 6.45) is 4.43. The number of fused-ring (bicyclic) bond motifs is 1. The highest BCUT2D eigenvalue weighted by Crippen LogP contribution is 2.65. The number of ketones is 1. The van der Waals surface area contributed by atoms with Crippen molar-refractivity contribution in [3.8, 4) is 0 Å². The molecule has 0 bridgehead atoms.